The van der Waals surface area contributed by atoms with E-state index in [1.165, 1.54) is 22.5 Å². The summed E-state index contributed by atoms with van der Waals surface area (Å²) in [5.74, 6) is 0.469. The molecular formula is C13H11NOS. The summed E-state index contributed by atoms with van der Waals surface area (Å²) in [4.78, 5) is 15.7. The van der Waals surface area contributed by atoms with Crippen LogP contribution in [0.2, 0.25) is 0 Å². The van der Waals surface area contributed by atoms with E-state index in [4.69, 9.17) is 0 Å². The molecule has 0 amide bonds. The quantitative estimate of drug-likeness (QED) is 0.741. The van der Waals surface area contributed by atoms with Crippen LogP contribution in [-0.4, -0.2) is 11.3 Å². The fourth-order valence-electron chi connectivity index (χ4n) is 2.28. The van der Waals surface area contributed by atoms with E-state index in [0.29, 0.717) is 5.92 Å². The van der Waals surface area contributed by atoms with Gasteiger partial charge in [0.25, 0.3) is 0 Å². The molecule has 0 aliphatic heterocycles. The van der Waals surface area contributed by atoms with Crippen molar-refractivity contribution in [3.63, 3.8) is 0 Å². The van der Waals surface area contributed by atoms with Crippen LogP contribution in [0.1, 0.15) is 31.7 Å². The number of carbonyl (C=O) groups is 1. The Kier molecular flexibility index (Phi) is 2.33. The molecule has 0 unspecified atom stereocenters. The van der Waals surface area contributed by atoms with Gasteiger partial charge in [0.1, 0.15) is 0 Å². The van der Waals surface area contributed by atoms with E-state index in [1.807, 2.05) is 0 Å². The summed E-state index contributed by atoms with van der Waals surface area (Å²) in [5, 5.41) is 1.10. The van der Waals surface area contributed by atoms with Crippen LogP contribution in [0.15, 0.2) is 30.5 Å². The normalized spacial score (nSPS) is 15.0. The van der Waals surface area contributed by atoms with Gasteiger partial charge in [0.15, 0.2) is 6.29 Å². The minimum Gasteiger partial charge on any atom is -0.297 e. The number of aldehydes is 1. The zero-order valence-corrected chi connectivity index (χ0v) is 9.54. The highest BCUT2D eigenvalue weighted by atomic mass is 32.1. The van der Waals surface area contributed by atoms with Crippen molar-refractivity contribution in [1.82, 2.24) is 4.98 Å². The van der Waals surface area contributed by atoms with Crippen LogP contribution in [0, 0.1) is 0 Å². The summed E-state index contributed by atoms with van der Waals surface area (Å²) in [6.45, 7) is 0. The Hall–Kier alpha value is -1.48. The molecule has 0 N–H and O–H groups in total. The number of fused-ring (bicyclic) bond motifs is 1. The van der Waals surface area contributed by atoms with E-state index in [1.54, 1.807) is 6.20 Å². The lowest BCUT2D eigenvalue weighted by Crippen LogP contribution is -1.96. The Morgan fingerprint density at radius 2 is 1.94 bits per heavy atom. The van der Waals surface area contributed by atoms with E-state index in [2.05, 4.69) is 29.2 Å². The van der Waals surface area contributed by atoms with E-state index >= 15 is 0 Å². The Bertz CT molecular complexity index is 507. The predicted molar refractivity (Wildman–Crippen MR) is 64.1 cm³/mol. The van der Waals surface area contributed by atoms with Crippen molar-refractivity contribution >= 4 is 17.6 Å². The maximum absolute atomic E-state index is 10.6. The standard InChI is InChI=1S/C13H11NOS/c15-8-12-7-14-13(16-12)11-5-9-3-1-2-4-10(9)6-11/h1-4,7-8,11H,5-6H2. The molecule has 3 rings (SSSR count). The lowest BCUT2D eigenvalue weighted by molar-refractivity contribution is 0.112. The van der Waals surface area contributed by atoms with Gasteiger partial charge in [-0.2, -0.15) is 0 Å². The lowest BCUT2D eigenvalue weighted by atomic mass is 10.1. The number of hydrogen-bond donors (Lipinski definition) is 0. The molecule has 0 bridgehead atoms. The first-order valence-corrected chi connectivity index (χ1v) is 6.16. The average Bonchev–Trinajstić information content (AvgIpc) is 2.95. The molecule has 1 aliphatic carbocycles. The van der Waals surface area contributed by atoms with Crippen LogP contribution >= 0.6 is 11.3 Å². The second-order valence-corrected chi connectivity index (χ2v) is 5.19. The summed E-state index contributed by atoms with van der Waals surface area (Å²) in [7, 11) is 0. The molecule has 16 heavy (non-hydrogen) atoms. The Morgan fingerprint density at radius 3 is 2.50 bits per heavy atom. The number of thiazole rings is 1. The number of carbonyl (C=O) groups excluding carboxylic acids is 1. The van der Waals surface area contributed by atoms with Crippen molar-refractivity contribution in [1.29, 1.82) is 0 Å². The molecular weight excluding hydrogens is 218 g/mol. The van der Waals surface area contributed by atoms with Crippen LogP contribution in [0.3, 0.4) is 0 Å². The fraction of sp³-hybridized carbons (Fsp3) is 0.231. The van der Waals surface area contributed by atoms with Crippen molar-refractivity contribution in [3.05, 3.63) is 51.5 Å². The van der Waals surface area contributed by atoms with E-state index in [0.717, 1.165) is 29.0 Å². The monoisotopic (exact) mass is 229 g/mol. The zero-order valence-electron chi connectivity index (χ0n) is 8.72. The number of hydrogen-bond acceptors (Lipinski definition) is 3. The highest BCUT2D eigenvalue weighted by Crippen LogP contribution is 2.35. The van der Waals surface area contributed by atoms with Crippen molar-refractivity contribution < 1.29 is 4.79 Å². The molecule has 1 aromatic heterocycles. The molecule has 0 saturated heterocycles. The third-order valence-corrected chi connectivity index (χ3v) is 4.14. The lowest BCUT2D eigenvalue weighted by Gasteiger charge is -2.02. The zero-order chi connectivity index (χ0) is 11.0. The summed E-state index contributed by atoms with van der Waals surface area (Å²) in [5.41, 5.74) is 2.85. The fourth-order valence-corrected chi connectivity index (χ4v) is 3.11. The number of rotatable bonds is 2. The number of benzene rings is 1. The second-order valence-electron chi connectivity index (χ2n) is 4.09. The Balaban J connectivity index is 1.88. The Morgan fingerprint density at radius 1 is 1.25 bits per heavy atom. The van der Waals surface area contributed by atoms with E-state index in [-0.39, 0.29) is 0 Å². The first-order valence-electron chi connectivity index (χ1n) is 5.34. The van der Waals surface area contributed by atoms with Gasteiger partial charge >= 0.3 is 0 Å². The van der Waals surface area contributed by atoms with Gasteiger partial charge in [-0.1, -0.05) is 24.3 Å². The second kappa shape index (κ2) is 3.83. The molecule has 0 saturated carbocycles. The smallest absolute Gasteiger partial charge is 0.161 e. The average molecular weight is 229 g/mol. The van der Waals surface area contributed by atoms with Crippen molar-refractivity contribution in [2.75, 3.05) is 0 Å². The molecule has 1 aromatic carbocycles. The van der Waals surface area contributed by atoms with Gasteiger partial charge in [-0.25, -0.2) is 4.98 Å². The summed E-state index contributed by atoms with van der Waals surface area (Å²) in [6, 6.07) is 8.53. The molecule has 2 aromatic rings. The van der Waals surface area contributed by atoms with Gasteiger partial charge in [-0.15, -0.1) is 11.3 Å². The summed E-state index contributed by atoms with van der Waals surface area (Å²) < 4.78 is 0. The van der Waals surface area contributed by atoms with E-state index in [9.17, 15) is 4.79 Å². The summed E-state index contributed by atoms with van der Waals surface area (Å²) in [6.07, 6.45) is 4.67. The van der Waals surface area contributed by atoms with Gasteiger partial charge in [-0.05, 0) is 24.0 Å². The number of nitrogens with zero attached hydrogens (tertiary/aromatic N) is 1. The largest absolute Gasteiger partial charge is 0.297 e. The SMILES string of the molecule is O=Cc1cnc(C2Cc3ccccc3C2)s1. The molecule has 2 nitrogen and oxygen atoms in total. The molecule has 0 atom stereocenters. The molecule has 0 spiro atoms. The van der Waals surface area contributed by atoms with Gasteiger partial charge in [-0.3, -0.25) is 4.79 Å². The predicted octanol–water partition coefficient (Wildman–Crippen LogP) is 2.84. The Labute approximate surface area is 98.0 Å². The first-order chi connectivity index (χ1) is 7.86. The maximum atomic E-state index is 10.6. The van der Waals surface area contributed by atoms with Crippen LogP contribution in [0.25, 0.3) is 0 Å². The van der Waals surface area contributed by atoms with Crippen LogP contribution in [-0.2, 0) is 12.8 Å². The number of aromatic nitrogens is 1. The third kappa shape index (κ3) is 1.57. The minimum atomic E-state index is 0.469. The van der Waals surface area contributed by atoms with Crippen LogP contribution in [0.5, 0.6) is 0 Å². The minimum absolute atomic E-state index is 0.469. The molecule has 3 heteroatoms. The highest BCUT2D eigenvalue weighted by Gasteiger charge is 2.24. The van der Waals surface area contributed by atoms with Crippen LogP contribution in [0.4, 0.5) is 0 Å². The van der Waals surface area contributed by atoms with Gasteiger partial charge < -0.3 is 0 Å². The topological polar surface area (TPSA) is 30.0 Å². The van der Waals surface area contributed by atoms with Crippen molar-refractivity contribution in [2.24, 2.45) is 0 Å². The van der Waals surface area contributed by atoms with Gasteiger partial charge in [0.05, 0.1) is 9.88 Å². The molecule has 0 fully saturated rings. The molecule has 1 aliphatic rings. The molecule has 0 radical (unpaired) electrons. The summed E-state index contributed by atoms with van der Waals surface area (Å²) >= 11 is 1.52. The highest BCUT2D eigenvalue weighted by molar-refractivity contribution is 7.13. The van der Waals surface area contributed by atoms with Crippen LogP contribution < -0.4 is 0 Å². The van der Waals surface area contributed by atoms with Gasteiger partial charge in [0.2, 0.25) is 0 Å². The van der Waals surface area contributed by atoms with E-state index < -0.39 is 0 Å². The first kappa shape index (κ1) is 9.73. The third-order valence-electron chi connectivity index (χ3n) is 3.06. The van der Waals surface area contributed by atoms with Gasteiger partial charge in [0, 0.05) is 12.1 Å². The molecule has 80 valence electrons. The van der Waals surface area contributed by atoms with Crippen molar-refractivity contribution in [3.8, 4) is 0 Å². The molecule has 1 heterocycles. The van der Waals surface area contributed by atoms with Crippen molar-refractivity contribution in [2.45, 2.75) is 18.8 Å². The maximum Gasteiger partial charge on any atom is 0.161 e.